The molecule has 124 valence electrons. The number of hydrogen-bond donors (Lipinski definition) is 0. The van der Waals surface area contributed by atoms with Crippen LogP contribution in [0.1, 0.15) is 11.1 Å². The maximum atomic E-state index is 13.9. The second-order valence-corrected chi connectivity index (χ2v) is 6.81. The third-order valence-electron chi connectivity index (χ3n) is 4.24. The van der Waals surface area contributed by atoms with E-state index in [0.29, 0.717) is 27.9 Å². The standard InChI is InChI=1S/C20H15FN2OS/c1-13-7-8-15(9-17(13)21)16-11-25-19-18(16)20(24)23(12-22-19)10-14-5-3-2-4-6-14/h2-9,11-12H,10H2,1H3. The van der Waals surface area contributed by atoms with Crippen LogP contribution in [-0.2, 0) is 6.54 Å². The van der Waals surface area contributed by atoms with E-state index in [0.717, 1.165) is 11.1 Å². The van der Waals surface area contributed by atoms with Gasteiger partial charge in [0.1, 0.15) is 10.6 Å². The van der Waals surface area contributed by atoms with Crippen LogP contribution in [0.5, 0.6) is 0 Å². The monoisotopic (exact) mass is 350 g/mol. The van der Waals surface area contributed by atoms with Crippen LogP contribution in [-0.4, -0.2) is 9.55 Å². The second kappa shape index (κ2) is 6.26. The summed E-state index contributed by atoms with van der Waals surface area (Å²) in [5, 5.41) is 2.42. The zero-order chi connectivity index (χ0) is 17.4. The van der Waals surface area contributed by atoms with Crippen LogP contribution in [0.4, 0.5) is 4.39 Å². The molecule has 0 radical (unpaired) electrons. The van der Waals surface area contributed by atoms with Gasteiger partial charge in [-0.15, -0.1) is 11.3 Å². The van der Waals surface area contributed by atoms with Crippen LogP contribution in [0.15, 0.2) is 65.0 Å². The minimum absolute atomic E-state index is 0.105. The number of aryl methyl sites for hydroxylation is 1. The predicted molar refractivity (Wildman–Crippen MR) is 99.6 cm³/mol. The van der Waals surface area contributed by atoms with E-state index in [1.807, 2.05) is 41.8 Å². The molecule has 5 heteroatoms. The predicted octanol–water partition coefficient (Wildman–Crippen LogP) is 4.62. The van der Waals surface area contributed by atoms with E-state index in [1.165, 1.54) is 17.4 Å². The third-order valence-corrected chi connectivity index (χ3v) is 5.13. The average Bonchev–Trinajstić information content (AvgIpc) is 3.06. The molecule has 0 saturated heterocycles. The number of benzene rings is 2. The fraction of sp³-hybridized carbons (Fsp3) is 0.100. The van der Waals surface area contributed by atoms with Crippen LogP contribution in [0.3, 0.4) is 0 Å². The molecule has 0 spiro atoms. The van der Waals surface area contributed by atoms with Gasteiger partial charge in [-0.25, -0.2) is 9.37 Å². The van der Waals surface area contributed by atoms with E-state index in [2.05, 4.69) is 4.98 Å². The Morgan fingerprint density at radius 1 is 1.16 bits per heavy atom. The Morgan fingerprint density at radius 3 is 2.72 bits per heavy atom. The second-order valence-electron chi connectivity index (χ2n) is 5.96. The van der Waals surface area contributed by atoms with E-state index in [9.17, 15) is 9.18 Å². The summed E-state index contributed by atoms with van der Waals surface area (Å²) in [5.74, 6) is -0.273. The van der Waals surface area contributed by atoms with Crippen LogP contribution in [0, 0.1) is 12.7 Å². The molecule has 3 nitrogen and oxygen atoms in total. The fourth-order valence-corrected chi connectivity index (χ4v) is 3.74. The molecule has 0 amide bonds. The molecule has 0 N–H and O–H groups in total. The zero-order valence-corrected chi connectivity index (χ0v) is 14.4. The first-order valence-electron chi connectivity index (χ1n) is 7.90. The molecule has 0 aliphatic heterocycles. The van der Waals surface area contributed by atoms with Gasteiger partial charge in [0.2, 0.25) is 0 Å². The van der Waals surface area contributed by atoms with Gasteiger partial charge in [0, 0.05) is 10.9 Å². The Bertz CT molecular complexity index is 1120. The number of fused-ring (bicyclic) bond motifs is 1. The molecule has 0 atom stereocenters. The largest absolute Gasteiger partial charge is 0.294 e. The molecule has 0 unspecified atom stereocenters. The highest BCUT2D eigenvalue weighted by Gasteiger charge is 2.14. The normalized spacial score (nSPS) is 11.1. The van der Waals surface area contributed by atoms with Crippen molar-refractivity contribution in [1.82, 2.24) is 9.55 Å². The van der Waals surface area contributed by atoms with Crippen LogP contribution < -0.4 is 5.56 Å². The smallest absolute Gasteiger partial charge is 0.263 e. The van der Waals surface area contributed by atoms with Gasteiger partial charge in [0.15, 0.2) is 0 Å². The van der Waals surface area contributed by atoms with Gasteiger partial charge < -0.3 is 0 Å². The first kappa shape index (κ1) is 15.7. The van der Waals surface area contributed by atoms with Gasteiger partial charge in [-0.05, 0) is 29.7 Å². The van der Waals surface area contributed by atoms with Crippen molar-refractivity contribution >= 4 is 21.6 Å². The molecular formula is C20H15FN2OS. The van der Waals surface area contributed by atoms with Crippen molar-refractivity contribution in [3.63, 3.8) is 0 Å². The van der Waals surface area contributed by atoms with Crippen LogP contribution in [0.2, 0.25) is 0 Å². The molecule has 4 aromatic rings. The van der Waals surface area contributed by atoms with Gasteiger partial charge in [0.25, 0.3) is 5.56 Å². The molecule has 2 heterocycles. The third kappa shape index (κ3) is 2.87. The van der Waals surface area contributed by atoms with Crippen LogP contribution >= 0.6 is 11.3 Å². The van der Waals surface area contributed by atoms with Crippen molar-refractivity contribution < 1.29 is 4.39 Å². The van der Waals surface area contributed by atoms with E-state index in [-0.39, 0.29) is 11.4 Å². The Hall–Kier alpha value is -2.79. The number of nitrogens with zero attached hydrogens (tertiary/aromatic N) is 2. The molecule has 0 saturated carbocycles. The summed E-state index contributed by atoms with van der Waals surface area (Å²) < 4.78 is 15.5. The van der Waals surface area contributed by atoms with E-state index >= 15 is 0 Å². The van der Waals surface area contributed by atoms with E-state index in [1.54, 1.807) is 23.9 Å². The lowest BCUT2D eigenvalue weighted by atomic mass is 10.0. The summed E-state index contributed by atoms with van der Waals surface area (Å²) >= 11 is 1.40. The van der Waals surface area contributed by atoms with Gasteiger partial charge in [-0.1, -0.05) is 42.5 Å². The van der Waals surface area contributed by atoms with E-state index in [4.69, 9.17) is 0 Å². The highest BCUT2D eigenvalue weighted by molar-refractivity contribution is 7.17. The minimum Gasteiger partial charge on any atom is -0.294 e. The fourth-order valence-electron chi connectivity index (χ4n) is 2.83. The lowest BCUT2D eigenvalue weighted by Gasteiger charge is -2.07. The quantitative estimate of drug-likeness (QED) is 0.540. The highest BCUT2D eigenvalue weighted by atomic mass is 32.1. The molecule has 4 rings (SSSR count). The van der Waals surface area contributed by atoms with Crippen molar-refractivity contribution in [2.24, 2.45) is 0 Å². The molecule has 2 aromatic heterocycles. The van der Waals surface area contributed by atoms with Crippen molar-refractivity contribution in [2.45, 2.75) is 13.5 Å². The highest BCUT2D eigenvalue weighted by Crippen LogP contribution is 2.31. The van der Waals surface area contributed by atoms with Gasteiger partial charge in [-0.2, -0.15) is 0 Å². The summed E-state index contributed by atoms with van der Waals surface area (Å²) in [6.45, 7) is 2.18. The number of halogens is 1. The topological polar surface area (TPSA) is 34.9 Å². The average molecular weight is 350 g/mol. The number of hydrogen-bond acceptors (Lipinski definition) is 3. The van der Waals surface area contributed by atoms with Crippen molar-refractivity contribution in [2.75, 3.05) is 0 Å². The van der Waals surface area contributed by atoms with Crippen molar-refractivity contribution in [1.29, 1.82) is 0 Å². The first-order chi connectivity index (χ1) is 12.1. The lowest BCUT2D eigenvalue weighted by Crippen LogP contribution is -2.20. The Labute approximate surface area is 148 Å². The molecule has 0 aliphatic carbocycles. The molecule has 0 aliphatic rings. The minimum atomic E-state index is -0.273. The molecule has 0 bridgehead atoms. The Balaban J connectivity index is 1.86. The number of rotatable bonds is 3. The zero-order valence-electron chi connectivity index (χ0n) is 13.6. The van der Waals surface area contributed by atoms with Crippen molar-refractivity contribution in [3.05, 3.63) is 87.5 Å². The molecule has 2 aromatic carbocycles. The summed E-state index contributed by atoms with van der Waals surface area (Å²) in [7, 11) is 0. The molecule has 0 fully saturated rings. The Morgan fingerprint density at radius 2 is 1.96 bits per heavy atom. The summed E-state index contributed by atoms with van der Waals surface area (Å²) in [6, 6.07) is 14.8. The van der Waals surface area contributed by atoms with Gasteiger partial charge in [0.05, 0.1) is 18.3 Å². The van der Waals surface area contributed by atoms with Crippen molar-refractivity contribution in [3.8, 4) is 11.1 Å². The summed E-state index contributed by atoms with van der Waals surface area (Å²) in [6.07, 6.45) is 1.58. The lowest BCUT2D eigenvalue weighted by molar-refractivity contribution is 0.619. The van der Waals surface area contributed by atoms with Crippen LogP contribution in [0.25, 0.3) is 21.3 Å². The van der Waals surface area contributed by atoms with Gasteiger partial charge >= 0.3 is 0 Å². The SMILES string of the molecule is Cc1ccc(-c2csc3ncn(Cc4ccccc4)c(=O)c23)cc1F. The number of thiophene rings is 1. The maximum absolute atomic E-state index is 13.9. The first-order valence-corrected chi connectivity index (χ1v) is 8.78. The molecule has 25 heavy (non-hydrogen) atoms. The van der Waals surface area contributed by atoms with Gasteiger partial charge in [-0.3, -0.25) is 9.36 Å². The molecular weight excluding hydrogens is 335 g/mol. The summed E-state index contributed by atoms with van der Waals surface area (Å²) in [5.41, 5.74) is 2.95. The maximum Gasteiger partial charge on any atom is 0.263 e. The Kier molecular flexibility index (Phi) is 3.93. The van der Waals surface area contributed by atoms with E-state index < -0.39 is 0 Å². The number of aromatic nitrogens is 2. The summed E-state index contributed by atoms with van der Waals surface area (Å²) in [4.78, 5) is 18.1.